The van der Waals surface area contributed by atoms with Crippen molar-refractivity contribution in [1.82, 2.24) is 14.7 Å². The number of primary amides is 1. The first-order valence-corrected chi connectivity index (χ1v) is 9.60. The smallest absolute Gasteiger partial charge is 0.269 e. The van der Waals surface area contributed by atoms with E-state index >= 15 is 0 Å². The number of carbonyl (C=O) groups excluding carboxylic acids is 1. The van der Waals surface area contributed by atoms with Crippen molar-refractivity contribution in [2.75, 3.05) is 13.1 Å². The third kappa shape index (κ3) is 3.12. The maximum Gasteiger partial charge on any atom is 0.269 e. The standard InChI is InChI=1S/C18H24N4O2S/c1-12-13(2)25-10-14(12)8-21-5-3-18(4-6-21)11-22-15(9-24-18)7-16(20-22)17(19)23/h7,10H,3-6,8-9,11H2,1-2H3,(H2,19,23). The van der Waals surface area contributed by atoms with Crippen molar-refractivity contribution in [2.24, 2.45) is 5.73 Å². The maximum absolute atomic E-state index is 11.3. The number of amides is 1. The Kier molecular flexibility index (Phi) is 4.17. The van der Waals surface area contributed by atoms with Gasteiger partial charge in [-0.3, -0.25) is 14.4 Å². The lowest BCUT2D eigenvalue weighted by molar-refractivity contribution is -0.124. The Morgan fingerprint density at radius 1 is 1.40 bits per heavy atom. The van der Waals surface area contributed by atoms with E-state index in [0.29, 0.717) is 18.8 Å². The van der Waals surface area contributed by atoms with E-state index in [0.717, 1.165) is 38.2 Å². The van der Waals surface area contributed by atoms with Gasteiger partial charge in [-0.2, -0.15) is 5.10 Å². The fourth-order valence-corrected chi connectivity index (χ4v) is 4.63. The minimum Gasteiger partial charge on any atom is -0.367 e. The Labute approximate surface area is 151 Å². The molecule has 2 aliphatic rings. The Morgan fingerprint density at radius 2 is 2.16 bits per heavy atom. The number of nitrogens with zero attached hydrogens (tertiary/aromatic N) is 3. The van der Waals surface area contributed by atoms with Gasteiger partial charge in [-0.15, -0.1) is 11.3 Å². The van der Waals surface area contributed by atoms with E-state index < -0.39 is 5.91 Å². The Hall–Kier alpha value is -1.70. The molecule has 2 aromatic rings. The zero-order chi connectivity index (χ0) is 17.6. The normalized spacial score (nSPS) is 19.9. The van der Waals surface area contributed by atoms with Gasteiger partial charge in [-0.1, -0.05) is 0 Å². The van der Waals surface area contributed by atoms with Crippen LogP contribution in [0.3, 0.4) is 0 Å². The summed E-state index contributed by atoms with van der Waals surface area (Å²) in [6.45, 7) is 8.68. The third-order valence-corrected chi connectivity index (χ3v) is 6.69. The number of aryl methyl sites for hydroxylation is 1. The minimum absolute atomic E-state index is 0.163. The maximum atomic E-state index is 11.3. The van der Waals surface area contributed by atoms with Crippen molar-refractivity contribution in [2.45, 2.75) is 52.0 Å². The van der Waals surface area contributed by atoms with Crippen LogP contribution in [-0.2, 0) is 24.4 Å². The molecule has 0 atom stereocenters. The second-order valence-corrected chi connectivity index (χ2v) is 8.32. The molecule has 4 heterocycles. The molecule has 2 aromatic heterocycles. The Balaban J connectivity index is 1.41. The fourth-order valence-electron chi connectivity index (χ4n) is 3.75. The third-order valence-electron chi connectivity index (χ3n) is 5.63. The van der Waals surface area contributed by atoms with Crippen LogP contribution in [0.2, 0.25) is 0 Å². The lowest BCUT2D eigenvalue weighted by Gasteiger charge is -2.43. The first-order valence-electron chi connectivity index (χ1n) is 8.72. The summed E-state index contributed by atoms with van der Waals surface area (Å²) in [6, 6.07) is 1.74. The van der Waals surface area contributed by atoms with Gasteiger partial charge in [0.1, 0.15) is 5.69 Å². The van der Waals surface area contributed by atoms with Gasteiger partial charge in [0.15, 0.2) is 0 Å². The number of piperidine rings is 1. The Morgan fingerprint density at radius 3 is 2.80 bits per heavy atom. The van der Waals surface area contributed by atoms with E-state index in [2.05, 4.69) is 29.2 Å². The molecule has 1 saturated heterocycles. The van der Waals surface area contributed by atoms with Gasteiger partial charge in [0, 0.05) is 24.5 Å². The molecular formula is C18H24N4O2S. The van der Waals surface area contributed by atoms with Crippen LogP contribution in [0.15, 0.2) is 11.4 Å². The van der Waals surface area contributed by atoms with Gasteiger partial charge in [0.25, 0.3) is 5.91 Å². The molecule has 0 unspecified atom stereocenters. The number of ether oxygens (including phenoxy) is 1. The molecule has 1 spiro atoms. The average Bonchev–Trinajstić information content (AvgIpc) is 3.15. The molecule has 0 aromatic carbocycles. The summed E-state index contributed by atoms with van der Waals surface area (Å²) in [4.78, 5) is 15.3. The molecule has 0 radical (unpaired) electrons. The summed E-state index contributed by atoms with van der Waals surface area (Å²) >= 11 is 1.84. The average molecular weight is 360 g/mol. The van der Waals surface area contributed by atoms with Gasteiger partial charge in [-0.05, 0) is 49.3 Å². The molecular weight excluding hydrogens is 336 g/mol. The van der Waals surface area contributed by atoms with E-state index in [1.165, 1.54) is 16.0 Å². The fraction of sp³-hybridized carbons (Fsp3) is 0.556. The molecule has 0 bridgehead atoms. The highest BCUT2D eigenvalue weighted by atomic mass is 32.1. The SMILES string of the molecule is Cc1scc(CN2CCC3(CC2)Cn2nc(C(N)=O)cc2CO3)c1C. The summed E-state index contributed by atoms with van der Waals surface area (Å²) in [5.41, 5.74) is 9.32. The van der Waals surface area contributed by atoms with Gasteiger partial charge >= 0.3 is 0 Å². The van der Waals surface area contributed by atoms with Crippen molar-refractivity contribution in [3.63, 3.8) is 0 Å². The predicted octanol–water partition coefficient (Wildman–Crippen LogP) is 2.23. The number of fused-ring (bicyclic) bond motifs is 1. The van der Waals surface area contributed by atoms with Crippen LogP contribution in [0.5, 0.6) is 0 Å². The van der Waals surface area contributed by atoms with Gasteiger partial charge in [-0.25, -0.2) is 0 Å². The van der Waals surface area contributed by atoms with Crippen LogP contribution >= 0.6 is 11.3 Å². The monoisotopic (exact) mass is 360 g/mol. The molecule has 2 N–H and O–H groups in total. The number of hydrogen-bond donors (Lipinski definition) is 1. The molecule has 134 valence electrons. The van der Waals surface area contributed by atoms with E-state index in [9.17, 15) is 4.79 Å². The van der Waals surface area contributed by atoms with Crippen LogP contribution < -0.4 is 5.73 Å². The van der Waals surface area contributed by atoms with E-state index in [4.69, 9.17) is 10.5 Å². The second kappa shape index (κ2) is 6.23. The summed E-state index contributed by atoms with van der Waals surface area (Å²) in [5, 5.41) is 6.64. The van der Waals surface area contributed by atoms with E-state index in [1.54, 1.807) is 6.07 Å². The molecule has 25 heavy (non-hydrogen) atoms. The van der Waals surface area contributed by atoms with Gasteiger partial charge in [0.2, 0.25) is 0 Å². The van der Waals surface area contributed by atoms with Gasteiger partial charge < -0.3 is 10.5 Å². The van der Waals surface area contributed by atoms with Crippen molar-refractivity contribution >= 4 is 17.2 Å². The van der Waals surface area contributed by atoms with Gasteiger partial charge in [0.05, 0.1) is 24.4 Å². The second-order valence-electron chi connectivity index (χ2n) is 7.23. The highest BCUT2D eigenvalue weighted by molar-refractivity contribution is 7.10. The highest BCUT2D eigenvalue weighted by Gasteiger charge is 2.39. The number of likely N-dealkylation sites (tertiary alicyclic amines) is 1. The largest absolute Gasteiger partial charge is 0.367 e. The highest BCUT2D eigenvalue weighted by Crippen LogP contribution is 2.34. The molecule has 1 amide bonds. The number of nitrogens with two attached hydrogens (primary N) is 1. The minimum atomic E-state index is -0.479. The van der Waals surface area contributed by atoms with Crippen molar-refractivity contribution in [1.29, 1.82) is 0 Å². The lowest BCUT2D eigenvalue weighted by Crippen LogP contribution is -2.50. The molecule has 6 nitrogen and oxygen atoms in total. The van der Waals surface area contributed by atoms with Crippen LogP contribution in [0.1, 0.15) is 45.0 Å². The zero-order valence-corrected chi connectivity index (χ0v) is 15.6. The molecule has 0 aliphatic carbocycles. The van der Waals surface area contributed by atoms with Crippen LogP contribution in [0.4, 0.5) is 0 Å². The summed E-state index contributed by atoms with van der Waals surface area (Å²) < 4.78 is 8.12. The molecule has 4 rings (SSSR count). The number of thiophene rings is 1. The van der Waals surface area contributed by atoms with E-state index in [-0.39, 0.29) is 5.60 Å². The predicted molar refractivity (Wildman–Crippen MR) is 96.6 cm³/mol. The summed E-state index contributed by atoms with van der Waals surface area (Å²) in [7, 11) is 0. The Bertz CT molecular complexity index is 802. The van der Waals surface area contributed by atoms with E-state index in [1.807, 2.05) is 16.0 Å². The summed E-state index contributed by atoms with van der Waals surface area (Å²) in [5.74, 6) is -0.479. The first-order chi connectivity index (χ1) is 12.0. The molecule has 1 fully saturated rings. The summed E-state index contributed by atoms with van der Waals surface area (Å²) in [6.07, 6.45) is 1.97. The lowest BCUT2D eigenvalue weighted by atomic mass is 9.89. The van der Waals surface area contributed by atoms with Crippen LogP contribution in [-0.4, -0.2) is 39.3 Å². The quantitative estimate of drug-likeness (QED) is 0.911. The number of hydrogen-bond acceptors (Lipinski definition) is 5. The first kappa shape index (κ1) is 16.8. The molecule has 0 saturated carbocycles. The topological polar surface area (TPSA) is 73.4 Å². The molecule has 2 aliphatic heterocycles. The van der Waals surface area contributed by atoms with Crippen LogP contribution in [0.25, 0.3) is 0 Å². The number of aromatic nitrogens is 2. The van der Waals surface area contributed by atoms with Crippen LogP contribution in [0, 0.1) is 13.8 Å². The van der Waals surface area contributed by atoms with Crippen molar-refractivity contribution in [3.05, 3.63) is 38.8 Å². The zero-order valence-electron chi connectivity index (χ0n) is 14.7. The number of carbonyl (C=O) groups is 1. The number of rotatable bonds is 3. The van der Waals surface area contributed by atoms with Crippen molar-refractivity contribution < 1.29 is 9.53 Å². The molecule has 7 heteroatoms. The van der Waals surface area contributed by atoms with Crippen molar-refractivity contribution in [3.8, 4) is 0 Å².